The molecule has 51 heavy (non-hydrogen) atoms. The Morgan fingerprint density at radius 3 is 1.49 bits per heavy atom. The van der Waals surface area contributed by atoms with Gasteiger partial charge in [0.15, 0.2) is 0 Å². The zero-order chi connectivity index (χ0) is 35.1. The van der Waals surface area contributed by atoms with Gasteiger partial charge in [0.2, 0.25) is 6.29 Å². The van der Waals surface area contributed by atoms with Crippen molar-refractivity contribution in [2.24, 2.45) is 5.18 Å². The normalized spacial score (nSPS) is 20.0. The van der Waals surface area contributed by atoms with Crippen LogP contribution in [0.15, 0.2) is 151 Å². The summed E-state index contributed by atoms with van der Waals surface area (Å²) < 4.78 is 43.8. The van der Waals surface area contributed by atoms with Crippen LogP contribution in [0, 0.1) is 4.91 Å². The monoisotopic (exact) mass is 689 g/mol. The Morgan fingerprint density at radius 2 is 1.00 bits per heavy atom. The third-order valence-corrected chi connectivity index (χ3v) is 8.20. The van der Waals surface area contributed by atoms with Crippen molar-refractivity contribution in [2.75, 3.05) is 6.61 Å². The molecule has 1 fully saturated rings. The molecular formula is C41H39NO9. The third kappa shape index (κ3) is 10.6. The summed E-state index contributed by atoms with van der Waals surface area (Å²) in [4.78, 5) is 24.1. The topological polar surface area (TPSA) is 111 Å². The Bertz CT molecular complexity index is 1760. The molecule has 1 heterocycles. The fourth-order valence-electron chi connectivity index (χ4n) is 5.63. The zero-order valence-corrected chi connectivity index (χ0v) is 27.9. The predicted molar refractivity (Wildman–Crippen MR) is 189 cm³/mol. The number of benzene rings is 5. The summed E-state index contributed by atoms with van der Waals surface area (Å²) in [5.74, 6) is 0.161. The molecule has 262 valence electrons. The van der Waals surface area contributed by atoms with E-state index in [0.29, 0.717) is 6.61 Å². The van der Waals surface area contributed by atoms with E-state index in [1.807, 2.05) is 121 Å². The molecule has 1 unspecified atom stereocenters. The number of rotatable bonds is 16. The van der Waals surface area contributed by atoms with Gasteiger partial charge in [-0.25, -0.2) is 4.79 Å². The molecule has 0 aromatic heterocycles. The van der Waals surface area contributed by atoms with Crippen LogP contribution in [0.2, 0.25) is 0 Å². The van der Waals surface area contributed by atoms with Gasteiger partial charge >= 0.3 is 6.16 Å². The van der Waals surface area contributed by atoms with Crippen molar-refractivity contribution >= 4 is 11.8 Å². The maximum absolute atomic E-state index is 13.3. The molecule has 5 atom stereocenters. The van der Waals surface area contributed by atoms with Crippen LogP contribution in [0.5, 0.6) is 5.75 Å². The molecule has 0 N–H and O–H groups in total. The van der Waals surface area contributed by atoms with E-state index in [1.165, 1.54) is 24.3 Å². The summed E-state index contributed by atoms with van der Waals surface area (Å²) in [7, 11) is 0. The van der Waals surface area contributed by atoms with E-state index in [0.717, 1.165) is 22.3 Å². The minimum absolute atomic E-state index is 0.0972. The standard InChI is InChI=1S/C41H39NO9/c43-41(49-35-23-21-34(42-44)22-24-35)51-40-39(48-28-33-19-11-4-12-20-33)38(47-27-32-17-9-3-10-18-32)37(46-26-31-15-7-2-8-16-31)36(50-40)29-45-25-30-13-5-1-6-14-30/h1-24,36-40H,25-29H2/t36-,37-,38+,39-,40?/m1/s1. The molecule has 10 heteroatoms. The summed E-state index contributed by atoms with van der Waals surface area (Å²) in [5.41, 5.74) is 3.99. The predicted octanol–water partition coefficient (Wildman–Crippen LogP) is 8.30. The van der Waals surface area contributed by atoms with Gasteiger partial charge in [-0.15, -0.1) is 4.91 Å². The Hall–Kier alpha value is -5.23. The summed E-state index contributed by atoms with van der Waals surface area (Å²) in [5, 5.41) is 2.89. The Morgan fingerprint density at radius 1 is 0.549 bits per heavy atom. The molecule has 0 radical (unpaired) electrons. The van der Waals surface area contributed by atoms with Crippen LogP contribution in [-0.4, -0.2) is 43.5 Å². The second-order valence-corrected chi connectivity index (χ2v) is 11.9. The molecule has 0 bridgehead atoms. The molecule has 1 aliphatic heterocycles. The summed E-state index contributed by atoms with van der Waals surface area (Å²) in [6.07, 6.45) is -5.49. The molecule has 0 amide bonds. The van der Waals surface area contributed by atoms with Crippen molar-refractivity contribution in [1.29, 1.82) is 0 Å². The maximum Gasteiger partial charge on any atom is 0.516 e. The fourth-order valence-corrected chi connectivity index (χ4v) is 5.63. The molecule has 0 saturated carbocycles. The zero-order valence-electron chi connectivity index (χ0n) is 27.9. The first-order valence-electron chi connectivity index (χ1n) is 16.7. The van der Waals surface area contributed by atoms with Crippen LogP contribution in [0.1, 0.15) is 22.3 Å². The number of ether oxygens (including phenoxy) is 7. The smallest absolute Gasteiger partial charge is 0.401 e. The third-order valence-electron chi connectivity index (χ3n) is 8.20. The number of carbonyl (C=O) groups excluding carboxylic acids is 1. The first kappa shape index (κ1) is 35.6. The number of nitroso groups, excluding NO2 is 1. The second kappa shape index (κ2) is 18.7. The molecule has 10 nitrogen and oxygen atoms in total. The second-order valence-electron chi connectivity index (χ2n) is 11.9. The molecular weight excluding hydrogens is 650 g/mol. The Labute approximate surface area is 296 Å². The van der Waals surface area contributed by atoms with Crippen molar-refractivity contribution in [3.05, 3.63) is 173 Å². The molecule has 0 spiro atoms. The van der Waals surface area contributed by atoms with Crippen LogP contribution in [-0.2, 0) is 54.8 Å². The van der Waals surface area contributed by atoms with Gasteiger partial charge in [-0.2, -0.15) is 0 Å². The van der Waals surface area contributed by atoms with Crippen LogP contribution >= 0.6 is 0 Å². The quantitative estimate of drug-likeness (QED) is 0.0574. The number of hydrogen-bond acceptors (Lipinski definition) is 10. The molecule has 5 aromatic rings. The molecule has 1 aliphatic rings. The lowest BCUT2D eigenvalue weighted by Crippen LogP contribution is -2.62. The largest absolute Gasteiger partial charge is 0.516 e. The Kier molecular flexibility index (Phi) is 13.0. The van der Waals surface area contributed by atoms with Gasteiger partial charge in [0.1, 0.15) is 35.9 Å². The van der Waals surface area contributed by atoms with Gasteiger partial charge in [0.25, 0.3) is 0 Å². The number of carbonyl (C=O) groups is 1. The first-order chi connectivity index (χ1) is 25.1. The van der Waals surface area contributed by atoms with Gasteiger partial charge in [-0.3, -0.25) is 0 Å². The lowest BCUT2D eigenvalue weighted by Gasteiger charge is -2.45. The highest BCUT2D eigenvalue weighted by Crippen LogP contribution is 2.32. The van der Waals surface area contributed by atoms with E-state index in [4.69, 9.17) is 33.2 Å². The van der Waals surface area contributed by atoms with E-state index in [9.17, 15) is 9.70 Å². The van der Waals surface area contributed by atoms with E-state index in [1.54, 1.807) is 0 Å². The Balaban J connectivity index is 1.30. The maximum atomic E-state index is 13.3. The van der Waals surface area contributed by atoms with Gasteiger partial charge < -0.3 is 33.2 Å². The minimum Gasteiger partial charge on any atom is -0.401 e. The average molecular weight is 690 g/mol. The first-order valence-corrected chi connectivity index (χ1v) is 16.7. The molecule has 5 aromatic carbocycles. The summed E-state index contributed by atoms with van der Waals surface area (Å²) >= 11 is 0. The minimum atomic E-state index is -1.28. The van der Waals surface area contributed by atoms with Crippen LogP contribution in [0.3, 0.4) is 0 Å². The van der Waals surface area contributed by atoms with Crippen molar-refractivity contribution in [3.63, 3.8) is 0 Å². The number of nitrogens with zero attached hydrogens (tertiary/aromatic N) is 1. The van der Waals surface area contributed by atoms with Gasteiger partial charge in [-0.1, -0.05) is 121 Å². The lowest BCUT2D eigenvalue weighted by molar-refractivity contribution is -0.317. The van der Waals surface area contributed by atoms with Gasteiger partial charge in [0.05, 0.1) is 33.0 Å². The highest BCUT2D eigenvalue weighted by Gasteiger charge is 2.50. The highest BCUT2D eigenvalue weighted by molar-refractivity contribution is 5.64. The van der Waals surface area contributed by atoms with Crippen molar-refractivity contribution < 1.29 is 38.0 Å². The van der Waals surface area contributed by atoms with Crippen molar-refractivity contribution in [1.82, 2.24) is 0 Å². The van der Waals surface area contributed by atoms with Crippen LogP contribution < -0.4 is 4.74 Å². The van der Waals surface area contributed by atoms with E-state index in [-0.39, 0.29) is 37.9 Å². The fraction of sp³-hybridized carbons (Fsp3) is 0.244. The van der Waals surface area contributed by atoms with Crippen LogP contribution in [0.4, 0.5) is 10.5 Å². The van der Waals surface area contributed by atoms with E-state index < -0.39 is 36.9 Å². The van der Waals surface area contributed by atoms with Gasteiger partial charge in [-0.05, 0) is 51.7 Å². The number of hydrogen-bond donors (Lipinski definition) is 0. The van der Waals surface area contributed by atoms with E-state index in [2.05, 4.69) is 5.18 Å². The van der Waals surface area contributed by atoms with Crippen LogP contribution in [0.25, 0.3) is 0 Å². The van der Waals surface area contributed by atoms with Gasteiger partial charge in [0, 0.05) is 0 Å². The average Bonchev–Trinajstić information content (AvgIpc) is 3.18. The molecule has 6 rings (SSSR count). The SMILES string of the molecule is O=Nc1ccc(OC(=O)OC2O[C@H](COCc3ccccc3)[C@@H](OCc3ccccc3)[C@H](OCc3ccccc3)[C@H]2OCc2ccccc2)cc1. The molecule has 0 aliphatic carbocycles. The lowest BCUT2D eigenvalue weighted by atomic mass is 9.97. The van der Waals surface area contributed by atoms with E-state index >= 15 is 0 Å². The van der Waals surface area contributed by atoms with Crippen molar-refractivity contribution in [2.45, 2.75) is 57.1 Å². The molecule has 1 saturated heterocycles. The highest BCUT2D eigenvalue weighted by atomic mass is 16.8. The summed E-state index contributed by atoms with van der Waals surface area (Å²) in [6.45, 7) is 1.10. The van der Waals surface area contributed by atoms with Crippen molar-refractivity contribution in [3.8, 4) is 5.75 Å². The summed E-state index contributed by atoms with van der Waals surface area (Å²) in [6, 6.07) is 44.7.